The first-order valence-electron chi connectivity index (χ1n) is 29.9. The minimum atomic E-state index is -5.08. The monoisotopic (exact) mass is 1470 g/mol. The number of rotatable bonds is 25. The van der Waals surface area contributed by atoms with Gasteiger partial charge >= 0.3 is 54.6 Å². The predicted molar refractivity (Wildman–Crippen MR) is 330 cm³/mol. The Bertz CT molecular complexity index is 2810. The first-order valence-corrected chi connectivity index (χ1v) is 29.9. The predicted octanol–water partition coefficient (Wildman–Crippen LogP) is 1.35. The fourth-order valence-electron chi connectivity index (χ4n) is 8.10. The number of hydrogen-bond acceptors (Lipinski definition) is 17. The van der Waals surface area contributed by atoms with Gasteiger partial charge in [-0.05, 0) is 94.2 Å². The van der Waals surface area contributed by atoms with Crippen molar-refractivity contribution in [3.05, 3.63) is 83.7 Å². The highest BCUT2D eigenvalue weighted by Crippen LogP contribution is 2.17. The number of halogens is 12. The van der Waals surface area contributed by atoms with Crippen molar-refractivity contribution in [2.75, 3.05) is 58.9 Å². The Balaban J connectivity index is -0.00000261. The van der Waals surface area contributed by atoms with Crippen molar-refractivity contribution in [1.82, 2.24) is 62.4 Å². The molecule has 1 saturated heterocycles. The van der Waals surface area contributed by atoms with Crippen molar-refractivity contribution in [3.63, 3.8) is 0 Å². The number of unbranched alkanes of at least 4 members (excludes halogenated alkanes) is 1. The molecule has 2 heterocycles. The molecule has 1 aliphatic rings. The molecule has 100 heavy (non-hydrogen) atoms. The van der Waals surface area contributed by atoms with Gasteiger partial charge in [-0.2, -0.15) is 52.7 Å². The minimum Gasteiger partial charge on any atom is -0.480 e. The third kappa shape index (κ3) is 44.2. The lowest BCUT2D eigenvalue weighted by molar-refractivity contribution is -0.193. The summed E-state index contributed by atoms with van der Waals surface area (Å²) in [6.07, 6.45) is -14.9. The number of nitrogens with zero attached hydrogens (tertiary/aromatic N) is 4. The molecule has 1 fully saturated rings. The third-order valence-electron chi connectivity index (χ3n) is 12.9. The van der Waals surface area contributed by atoms with Gasteiger partial charge in [0.2, 0.25) is 29.5 Å². The zero-order valence-corrected chi connectivity index (χ0v) is 54.5. The van der Waals surface area contributed by atoms with Crippen LogP contribution in [0.5, 0.6) is 0 Å². The van der Waals surface area contributed by atoms with Gasteiger partial charge in [-0.3, -0.25) is 28.9 Å². The molecular weight excluding hydrogens is 1380 g/mol. The first-order chi connectivity index (χ1) is 45.5. The Kier molecular flexibility index (Phi) is 46.6. The van der Waals surface area contributed by atoms with Gasteiger partial charge in [0, 0.05) is 45.6 Å². The van der Waals surface area contributed by atoms with E-state index in [0.29, 0.717) is 31.5 Å². The molecule has 0 radical (unpaired) electrons. The lowest BCUT2D eigenvalue weighted by Gasteiger charge is -2.29. The quantitative estimate of drug-likeness (QED) is 0.0420. The van der Waals surface area contributed by atoms with E-state index < -0.39 is 120 Å². The van der Waals surface area contributed by atoms with Gasteiger partial charge in [0.05, 0.1) is 11.9 Å². The molecule has 5 amide bonds. The summed E-state index contributed by atoms with van der Waals surface area (Å²) >= 11 is 0. The fourth-order valence-corrected chi connectivity index (χ4v) is 8.10. The Labute approximate surface area is 564 Å². The van der Waals surface area contributed by atoms with Gasteiger partial charge in [-0.25, -0.2) is 28.7 Å². The van der Waals surface area contributed by atoms with E-state index in [0.717, 1.165) is 76.5 Å². The molecule has 1 aromatic heterocycles. The second-order valence-electron chi connectivity index (χ2n) is 22.0. The van der Waals surface area contributed by atoms with Gasteiger partial charge in [-0.1, -0.05) is 93.6 Å². The number of amides is 5. The maximum absolute atomic E-state index is 14.2. The number of aromatic nitrogens is 3. The fraction of sp³-hybridized carbons (Fsp3) is 0.586. The van der Waals surface area contributed by atoms with E-state index in [1.807, 2.05) is 26.0 Å². The van der Waals surface area contributed by atoms with E-state index in [1.54, 1.807) is 68.6 Å². The van der Waals surface area contributed by atoms with Crippen molar-refractivity contribution >= 4 is 59.4 Å². The molecule has 570 valence electrons. The molecule has 1 aliphatic heterocycles. The van der Waals surface area contributed by atoms with Crippen molar-refractivity contribution < 1.29 is 137 Å². The van der Waals surface area contributed by atoms with Gasteiger partial charge in [0.1, 0.15) is 36.8 Å². The molecule has 4 rings (SSSR count). The second-order valence-corrected chi connectivity index (χ2v) is 22.0. The second kappa shape index (κ2) is 48.8. The van der Waals surface area contributed by atoms with Crippen LogP contribution in [-0.2, 0) is 73.9 Å². The average Bonchev–Trinajstić information content (AvgIpc) is 0.975. The number of hydrogen-bond donors (Lipinski definition) is 14. The molecule has 2 aromatic carbocycles. The van der Waals surface area contributed by atoms with Crippen LogP contribution in [-0.4, -0.2) is 230 Å². The summed E-state index contributed by atoms with van der Waals surface area (Å²) in [5, 5.41) is 71.4. The standard InChI is InChI=1S/C50H79N13O7.4C2HF3O2.2H2O/c1-35(2)29-41(48(67)59-45(36(3)4)49(68)57-42(30-37-15-7-5-8-16-37)47(66)58-43(50(69)70)31-38-17-9-6-10-18-38)56-46(65)40(19-11-12-20-51)55-44(64)34-63-33-39(60-61-63)32-62-27-14-23-53-25-24-52-21-13-22-54-26-28-62;4*3-2(4,5)1(6)7;;/h5-10,15-18,33,35-36,40-43,45,52-54H,11-14,19-32,34,51H2,1-4H3,(H,55,64)(H,56,65)(H,57,68)(H,58,66)(H,59,67)(H,69,70);4*(H,6,7);2*1H2/t40-,41-,42-,43-,45-;;;;;;/m0....../s1. The van der Waals surface area contributed by atoms with Gasteiger partial charge < -0.3 is 84.8 Å². The van der Waals surface area contributed by atoms with Crippen LogP contribution < -0.4 is 48.3 Å². The minimum absolute atomic E-state index is 0. The van der Waals surface area contributed by atoms with Crippen molar-refractivity contribution in [2.24, 2.45) is 17.6 Å². The maximum atomic E-state index is 14.2. The van der Waals surface area contributed by atoms with Gasteiger partial charge in [0.25, 0.3) is 0 Å². The van der Waals surface area contributed by atoms with Crippen LogP contribution in [0, 0.1) is 11.8 Å². The van der Waals surface area contributed by atoms with Crippen LogP contribution in [0.25, 0.3) is 0 Å². The first kappa shape index (κ1) is 95.3. The summed E-state index contributed by atoms with van der Waals surface area (Å²) in [4.78, 5) is 120. The summed E-state index contributed by atoms with van der Waals surface area (Å²) in [6.45, 7) is 15.3. The van der Waals surface area contributed by atoms with E-state index in [1.165, 1.54) is 4.68 Å². The van der Waals surface area contributed by atoms with Crippen LogP contribution in [0.1, 0.15) is 83.0 Å². The van der Waals surface area contributed by atoms with Crippen molar-refractivity contribution in [1.29, 1.82) is 0 Å². The largest absolute Gasteiger partial charge is 0.490 e. The summed E-state index contributed by atoms with van der Waals surface area (Å²) in [5.41, 5.74) is 7.94. The highest BCUT2D eigenvalue weighted by molar-refractivity contribution is 5.96. The molecule has 0 bridgehead atoms. The highest BCUT2D eigenvalue weighted by atomic mass is 19.4. The zero-order valence-electron chi connectivity index (χ0n) is 54.5. The number of carboxylic acid groups (broad SMARTS) is 5. The SMILES string of the molecule is CC(C)C[C@H](NC(=O)[C@H](CCCCN)NC(=O)Cn1cc(CN2CCCNCCNCCCNCC2)nn1)C(=O)N[C@H](C(=O)N[C@@H](Cc1ccccc1)C(=O)N[C@@H](Cc1ccccc1)C(=O)O)C(C)C.O.O.O=C(O)C(F)(F)F.O=C(O)C(F)(F)F.O=C(O)C(F)(F)F.O=C(O)C(F)(F)F. The lowest BCUT2D eigenvalue weighted by atomic mass is 9.98. The molecule has 0 saturated carbocycles. The molecule has 0 unspecified atom stereocenters. The van der Waals surface area contributed by atoms with Crippen molar-refractivity contribution in [2.45, 2.75) is 147 Å². The third-order valence-corrected chi connectivity index (χ3v) is 12.9. The van der Waals surface area contributed by atoms with E-state index in [2.05, 4.69) is 57.7 Å². The molecule has 0 aliphatic carbocycles. The molecule has 5 atom stereocenters. The highest BCUT2D eigenvalue weighted by Gasteiger charge is 2.41. The molecule has 3 aromatic rings. The summed E-state index contributed by atoms with van der Waals surface area (Å²) in [5.74, 6) is -15.8. The number of nitrogens with two attached hydrogens (primary N) is 1. The number of carboxylic acids is 5. The summed E-state index contributed by atoms with van der Waals surface area (Å²) in [7, 11) is 0. The Morgan fingerprint density at radius 2 is 0.930 bits per heavy atom. The molecular formula is C58H87F12N13O17. The topological polar surface area (TPSA) is 491 Å². The number of carbonyl (C=O) groups excluding carboxylic acids is 5. The Hall–Kier alpha value is -8.84. The van der Waals surface area contributed by atoms with E-state index in [4.69, 9.17) is 45.3 Å². The molecule has 42 heteroatoms. The Morgan fingerprint density at radius 1 is 0.520 bits per heavy atom. The van der Waals surface area contributed by atoms with E-state index in [-0.39, 0.29) is 49.1 Å². The normalized spacial score (nSPS) is 14.7. The number of aliphatic carboxylic acids is 5. The van der Waals surface area contributed by atoms with Gasteiger partial charge in [-0.15, -0.1) is 5.10 Å². The lowest BCUT2D eigenvalue weighted by Crippen LogP contribution is -2.60. The van der Waals surface area contributed by atoms with Crippen LogP contribution in [0.2, 0.25) is 0 Å². The van der Waals surface area contributed by atoms with Crippen LogP contribution in [0.15, 0.2) is 66.9 Å². The van der Waals surface area contributed by atoms with Crippen LogP contribution in [0.4, 0.5) is 52.7 Å². The van der Waals surface area contributed by atoms with Crippen molar-refractivity contribution in [3.8, 4) is 0 Å². The average molecular weight is 1470 g/mol. The molecule has 19 N–H and O–H groups in total. The number of nitrogens with one attached hydrogen (secondary N) is 8. The van der Waals surface area contributed by atoms with Gasteiger partial charge in [0.15, 0.2) is 0 Å². The number of alkyl halides is 12. The van der Waals surface area contributed by atoms with Crippen LogP contribution >= 0.6 is 0 Å². The van der Waals surface area contributed by atoms with Crippen LogP contribution in [0.3, 0.4) is 0 Å². The zero-order chi connectivity index (χ0) is 75.0. The molecule has 30 nitrogen and oxygen atoms in total. The summed E-state index contributed by atoms with van der Waals surface area (Å²) in [6, 6.07) is 12.2. The van der Waals surface area contributed by atoms with E-state index in [9.17, 15) is 86.6 Å². The summed E-state index contributed by atoms with van der Waals surface area (Å²) < 4.78 is 128. The maximum Gasteiger partial charge on any atom is 0.490 e. The Morgan fingerprint density at radius 3 is 1.36 bits per heavy atom. The number of carbonyl (C=O) groups is 10. The molecule has 0 spiro atoms. The smallest absolute Gasteiger partial charge is 0.480 e. The van der Waals surface area contributed by atoms with E-state index >= 15 is 0 Å². The number of benzene rings is 2.